The summed E-state index contributed by atoms with van der Waals surface area (Å²) in [4.78, 5) is 16.8. The van der Waals surface area contributed by atoms with E-state index >= 15 is 0 Å². The highest BCUT2D eigenvalue weighted by Gasteiger charge is 2.25. The van der Waals surface area contributed by atoms with Crippen LogP contribution in [0.15, 0.2) is 24.3 Å². The van der Waals surface area contributed by atoms with E-state index in [9.17, 15) is 4.79 Å². The lowest BCUT2D eigenvalue weighted by atomic mass is 9.96. The maximum absolute atomic E-state index is 12.6. The van der Waals surface area contributed by atoms with Gasteiger partial charge in [0.05, 0.1) is 5.92 Å². The van der Waals surface area contributed by atoms with Crippen LogP contribution in [0.3, 0.4) is 0 Å². The van der Waals surface area contributed by atoms with Crippen molar-refractivity contribution in [1.82, 2.24) is 9.80 Å². The Morgan fingerprint density at radius 3 is 2.24 bits per heavy atom. The summed E-state index contributed by atoms with van der Waals surface area (Å²) in [5, 5.41) is 0. The second-order valence-electron chi connectivity index (χ2n) is 5.94. The molecular weight excluding hydrogens is 262 g/mol. The molecular formula is C17H27N3O. The van der Waals surface area contributed by atoms with E-state index in [0.717, 1.165) is 39.0 Å². The van der Waals surface area contributed by atoms with Gasteiger partial charge >= 0.3 is 0 Å². The van der Waals surface area contributed by atoms with Crippen molar-refractivity contribution in [3.8, 4) is 0 Å². The Bertz CT molecular complexity index is 450. The molecule has 116 valence electrons. The van der Waals surface area contributed by atoms with E-state index in [2.05, 4.69) is 43.1 Å². The lowest BCUT2D eigenvalue weighted by Gasteiger charge is -2.34. The molecule has 2 N–H and O–H groups in total. The SMILES string of the molecule is CCc1ccc(CC(CN)C(=O)N2CCN(C)CC2)cc1. The standard InChI is InChI=1S/C17H27N3O/c1-3-14-4-6-15(7-5-14)12-16(13-18)17(21)20-10-8-19(2)9-11-20/h4-7,16H,3,8-13,18H2,1-2H3. The molecule has 1 aromatic rings. The Labute approximate surface area is 127 Å². The minimum absolute atomic E-state index is 0.0964. The van der Waals surface area contributed by atoms with Crippen molar-refractivity contribution in [3.63, 3.8) is 0 Å². The number of aryl methyl sites for hydroxylation is 1. The molecule has 1 saturated heterocycles. The van der Waals surface area contributed by atoms with Crippen molar-refractivity contribution in [1.29, 1.82) is 0 Å². The predicted octanol–water partition coefficient (Wildman–Crippen LogP) is 1.14. The first-order valence-electron chi connectivity index (χ1n) is 7.89. The van der Waals surface area contributed by atoms with Gasteiger partial charge in [-0.2, -0.15) is 0 Å². The minimum Gasteiger partial charge on any atom is -0.340 e. The number of carbonyl (C=O) groups is 1. The summed E-state index contributed by atoms with van der Waals surface area (Å²) < 4.78 is 0. The van der Waals surface area contributed by atoms with E-state index in [4.69, 9.17) is 5.73 Å². The molecule has 0 aliphatic carbocycles. The van der Waals surface area contributed by atoms with Crippen molar-refractivity contribution < 1.29 is 4.79 Å². The van der Waals surface area contributed by atoms with Crippen LogP contribution in [0.25, 0.3) is 0 Å². The fourth-order valence-corrected chi connectivity index (χ4v) is 2.75. The van der Waals surface area contributed by atoms with Crippen molar-refractivity contribution >= 4 is 5.91 Å². The molecule has 1 atom stereocenters. The van der Waals surface area contributed by atoms with Gasteiger partial charge in [-0.1, -0.05) is 31.2 Å². The number of hydrogen-bond donors (Lipinski definition) is 1. The zero-order chi connectivity index (χ0) is 15.2. The average molecular weight is 289 g/mol. The number of amides is 1. The van der Waals surface area contributed by atoms with E-state index < -0.39 is 0 Å². The molecule has 21 heavy (non-hydrogen) atoms. The molecule has 2 rings (SSSR count). The molecule has 1 unspecified atom stereocenters. The first-order chi connectivity index (χ1) is 10.1. The molecule has 4 heteroatoms. The minimum atomic E-state index is -0.0964. The lowest BCUT2D eigenvalue weighted by Crippen LogP contribution is -2.50. The summed E-state index contributed by atoms with van der Waals surface area (Å²) in [6.07, 6.45) is 1.78. The molecule has 0 saturated carbocycles. The summed E-state index contributed by atoms with van der Waals surface area (Å²) in [6.45, 7) is 6.11. The van der Waals surface area contributed by atoms with Crippen LogP contribution in [-0.4, -0.2) is 55.5 Å². The highest BCUT2D eigenvalue weighted by Crippen LogP contribution is 2.14. The van der Waals surface area contributed by atoms with E-state index in [0.29, 0.717) is 6.54 Å². The highest BCUT2D eigenvalue weighted by atomic mass is 16.2. The fraction of sp³-hybridized carbons (Fsp3) is 0.588. The van der Waals surface area contributed by atoms with Crippen LogP contribution in [0.2, 0.25) is 0 Å². The third-order valence-corrected chi connectivity index (χ3v) is 4.36. The largest absolute Gasteiger partial charge is 0.340 e. The summed E-state index contributed by atoms with van der Waals surface area (Å²) >= 11 is 0. The van der Waals surface area contributed by atoms with Crippen LogP contribution in [-0.2, 0) is 17.6 Å². The number of nitrogens with zero attached hydrogens (tertiary/aromatic N) is 2. The first-order valence-corrected chi connectivity index (χ1v) is 7.89. The highest BCUT2D eigenvalue weighted by molar-refractivity contribution is 5.79. The zero-order valence-electron chi connectivity index (χ0n) is 13.2. The smallest absolute Gasteiger partial charge is 0.227 e. The first kappa shape index (κ1) is 16.0. The van der Waals surface area contributed by atoms with Gasteiger partial charge in [-0.25, -0.2) is 0 Å². The number of hydrogen-bond acceptors (Lipinski definition) is 3. The Morgan fingerprint density at radius 1 is 1.14 bits per heavy atom. The predicted molar refractivity (Wildman–Crippen MR) is 86.1 cm³/mol. The Balaban J connectivity index is 1.96. The van der Waals surface area contributed by atoms with E-state index in [1.54, 1.807) is 0 Å². The van der Waals surface area contributed by atoms with Gasteiger partial charge in [-0.15, -0.1) is 0 Å². The Hall–Kier alpha value is -1.39. The normalized spacial score (nSPS) is 17.8. The maximum atomic E-state index is 12.6. The monoisotopic (exact) mass is 289 g/mol. The van der Waals surface area contributed by atoms with Gasteiger partial charge in [0.2, 0.25) is 5.91 Å². The van der Waals surface area contributed by atoms with Gasteiger partial charge in [0.15, 0.2) is 0 Å². The summed E-state index contributed by atoms with van der Waals surface area (Å²) in [6, 6.07) is 8.53. The number of rotatable bonds is 5. The third kappa shape index (κ3) is 4.29. The Morgan fingerprint density at radius 2 is 1.71 bits per heavy atom. The van der Waals surface area contributed by atoms with Gasteiger partial charge in [0, 0.05) is 32.7 Å². The molecule has 1 aromatic carbocycles. The molecule has 1 aliphatic rings. The summed E-state index contributed by atoms with van der Waals surface area (Å²) in [5.41, 5.74) is 8.38. The van der Waals surface area contributed by atoms with Gasteiger partial charge in [0.1, 0.15) is 0 Å². The molecule has 4 nitrogen and oxygen atoms in total. The average Bonchev–Trinajstić information content (AvgIpc) is 2.53. The second-order valence-corrected chi connectivity index (χ2v) is 5.94. The quantitative estimate of drug-likeness (QED) is 0.884. The van der Waals surface area contributed by atoms with E-state index in [1.807, 2.05) is 4.90 Å². The van der Waals surface area contributed by atoms with Gasteiger partial charge in [-0.05, 0) is 31.0 Å². The Kier molecular flexibility index (Phi) is 5.76. The number of benzene rings is 1. The summed E-state index contributed by atoms with van der Waals surface area (Å²) in [7, 11) is 2.09. The van der Waals surface area contributed by atoms with E-state index in [1.165, 1.54) is 11.1 Å². The molecule has 1 heterocycles. The third-order valence-electron chi connectivity index (χ3n) is 4.36. The molecule has 0 bridgehead atoms. The van der Waals surface area contributed by atoms with Crippen LogP contribution < -0.4 is 5.73 Å². The fourth-order valence-electron chi connectivity index (χ4n) is 2.75. The van der Waals surface area contributed by atoms with Crippen molar-refractivity contribution in [2.75, 3.05) is 39.8 Å². The van der Waals surface area contributed by atoms with Crippen molar-refractivity contribution in [2.45, 2.75) is 19.8 Å². The molecule has 1 fully saturated rings. The van der Waals surface area contributed by atoms with Crippen LogP contribution >= 0.6 is 0 Å². The number of likely N-dealkylation sites (N-methyl/N-ethyl adjacent to an activating group) is 1. The van der Waals surface area contributed by atoms with Crippen LogP contribution in [0.5, 0.6) is 0 Å². The van der Waals surface area contributed by atoms with Crippen LogP contribution in [0.1, 0.15) is 18.1 Å². The molecule has 0 spiro atoms. The lowest BCUT2D eigenvalue weighted by molar-refractivity contribution is -0.136. The number of nitrogens with two attached hydrogens (primary N) is 1. The maximum Gasteiger partial charge on any atom is 0.227 e. The topological polar surface area (TPSA) is 49.6 Å². The van der Waals surface area contributed by atoms with E-state index in [-0.39, 0.29) is 11.8 Å². The van der Waals surface area contributed by atoms with Gasteiger partial charge < -0.3 is 15.5 Å². The van der Waals surface area contributed by atoms with Crippen LogP contribution in [0, 0.1) is 5.92 Å². The molecule has 1 amide bonds. The number of piperazine rings is 1. The van der Waals surface area contributed by atoms with Gasteiger partial charge in [0.25, 0.3) is 0 Å². The zero-order valence-corrected chi connectivity index (χ0v) is 13.2. The summed E-state index contributed by atoms with van der Waals surface area (Å²) in [5.74, 6) is 0.117. The molecule has 1 aliphatic heterocycles. The molecule has 0 radical (unpaired) electrons. The molecule has 0 aromatic heterocycles. The van der Waals surface area contributed by atoms with Crippen LogP contribution in [0.4, 0.5) is 0 Å². The van der Waals surface area contributed by atoms with Crippen molar-refractivity contribution in [3.05, 3.63) is 35.4 Å². The second kappa shape index (κ2) is 7.57. The number of carbonyl (C=O) groups excluding carboxylic acids is 1. The van der Waals surface area contributed by atoms with Crippen molar-refractivity contribution in [2.24, 2.45) is 11.7 Å². The van der Waals surface area contributed by atoms with Gasteiger partial charge in [-0.3, -0.25) is 4.79 Å².